The molecule has 0 radical (unpaired) electrons. The van der Waals surface area contributed by atoms with E-state index < -0.39 is 5.97 Å². The molecular weight excluding hydrogens is 404 g/mol. The minimum absolute atomic E-state index is 0.0136. The maximum Gasteiger partial charge on any atom is 0.303 e. The molecule has 0 heterocycles. The molecule has 2 atom stereocenters. The number of hydrogen-bond acceptors (Lipinski definition) is 4. The third-order valence-corrected chi connectivity index (χ3v) is 5.75. The van der Waals surface area contributed by atoms with E-state index >= 15 is 0 Å². The van der Waals surface area contributed by atoms with Crippen LogP contribution in [0.1, 0.15) is 109 Å². The van der Waals surface area contributed by atoms with Gasteiger partial charge in [0.1, 0.15) is 0 Å². The molecule has 0 fully saturated rings. The third kappa shape index (κ3) is 16.8. The molecule has 2 unspecified atom stereocenters. The van der Waals surface area contributed by atoms with Gasteiger partial charge in [0.2, 0.25) is 0 Å². The summed E-state index contributed by atoms with van der Waals surface area (Å²) in [7, 11) is 0. The molecular formula is C27H44O5. The molecule has 0 aliphatic heterocycles. The van der Waals surface area contributed by atoms with E-state index in [4.69, 9.17) is 14.6 Å². The van der Waals surface area contributed by atoms with Crippen molar-refractivity contribution in [1.29, 1.82) is 0 Å². The molecule has 0 aliphatic rings. The zero-order valence-corrected chi connectivity index (χ0v) is 20.2. The fraction of sp³-hybridized carbons (Fsp3) is 0.704. The molecule has 0 bridgehead atoms. The number of esters is 1. The smallest absolute Gasteiger partial charge is 0.303 e. The normalized spacial score (nSPS) is 12.9. The standard InChI is InChI=1S/C27H44O5/c1-23(32-24(2)28)16-14-15-20-26(31-22-25-17-10-9-11-18-25)19-12-7-5-3-4-6-8-13-21-27(29)30/h9-11,17-18,23,26H,3-8,12-16,19-22H2,1-2H3,(H,29,30). The van der Waals surface area contributed by atoms with Crippen LogP contribution >= 0.6 is 0 Å². The zero-order chi connectivity index (χ0) is 23.4. The summed E-state index contributed by atoms with van der Waals surface area (Å²) in [4.78, 5) is 21.5. The van der Waals surface area contributed by atoms with E-state index in [1.807, 2.05) is 25.1 Å². The Morgan fingerprint density at radius 2 is 1.34 bits per heavy atom. The molecule has 0 aliphatic carbocycles. The van der Waals surface area contributed by atoms with Gasteiger partial charge in [-0.1, -0.05) is 81.7 Å². The maximum absolute atomic E-state index is 11.0. The minimum atomic E-state index is -0.687. The van der Waals surface area contributed by atoms with E-state index in [2.05, 4.69) is 12.1 Å². The highest BCUT2D eigenvalue weighted by atomic mass is 16.5. The quantitative estimate of drug-likeness (QED) is 0.171. The summed E-state index contributed by atoms with van der Waals surface area (Å²) in [5.74, 6) is -0.894. The van der Waals surface area contributed by atoms with Crippen LogP contribution in [0.25, 0.3) is 0 Å². The van der Waals surface area contributed by atoms with Gasteiger partial charge in [-0.3, -0.25) is 9.59 Å². The Morgan fingerprint density at radius 1 is 0.812 bits per heavy atom. The molecule has 0 aromatic heterocycles. The van der Waals surface area contributed by atoms with Crippen LogP contribution in [0.5, 0.6) is 0 Å². The van der Waals surface area contributed by atoms with Gasteiger partial charge in [-0.15, -0.1) is 0 Å². The lowest BCUT2D eigenvalue weighted by molar-refractivity contribution is -0.145. The predicted octanol–water partition coefficient (Wildman–Crippen LogP) is 7.07. The molecule has 0 saturated carbocycles. The van der Waals surface area contributed by atoms with E-state index in [-0.39, 0.29) is 18.2 Å². The Labute approximate surface area is 194 Å². The Kier molecular flexibility index (Phi) is 16.4. The van der Waals surface area contributed by atoms with Crippen molar-refractivity contribution >= 4 is 11.9 Å². The molecule has 0 spiro atoms. The summed E-state index contributed by atoms with van der Waals surface area (Å²) in [6, 6.07) is 10.3. The number of ether oxygens (including phenoxy) is 2. The highest BCUT2D eigenvalue weighted by Crippen LogP contribution is 2.18. The molecule has 0 amide bonds. The first-order chi connectivity index (χ1) is 15.5. The molecule has 0 saturated heterocycles. The first-order valence-corrected chi connectivity index (χ1v) is 12.5. The van der Waals surface area contributed by atoms with E-state index in [0.717, 1.165) is 51.4 Å². The van der Waals surface area contributed by atoms with Gasteiger partial charge in [-0.05, 0) is 44.6 Å². The second kappa shape index (κ2) is 18.7. The molecule has 5 heteroatoms. The highest BCUT2D eigenvalue weighted by Gasteiger charge is 2.11. The van der Waals surface area contributed by atoms with Crippen molar-refractivity contribution in [2.75, 3.05) is 0 Å². The molecule has 1 N–H and O–H groups in total. The van der Waals surface area contributed by atoms with Crippen molar-refractivity contribution in [2.24, 2.45) is 0 Å². The summed E-state index contributed by atoms with van der Waals surface area (Å²) in [5, 5.41) is 8.66. The molecule has 1 rings (SSSR count). The van der Waals surface area contributed by atoms with Gasteiger partial charge in [0.25, 0.3) is 0 Å². The van der Waals surface area contributed by atoms with Gasteiger partial charge < -0.3 is 14.6 Å². The molecule has 5 nitrogen and oxygen atoms in total. The van der Waals surface area contributed by atoms with Crippen molar-refractivity contribution in [3.05, 3.63) is 35.9 Å². The van der Waals surface area contributed by atoms with Crippen molar-refractivity contribution in [1.82, 2.24) is 0 Å². The van der Waals surface area contributed by atoms with Crippen LogP contribution in [0.15, 0.2) is 30.3 Å². The number of carbonyl (C=O) groups excluding carboxylic acids is 1. The second-order valence-corrected chi connectivity index (χ2v) is 8.88. The number of unbranched alkanes of at least 4 members (excludes halogenated alkanes) is 8. The van der Waals surface area contributed by atoms with Crippen LogP contribution in [0.3, 0.4) is 0 Å². The Hall–Kier alpha value is -1.88. The summed E-state index contributed by atoms with van der Waals surface area (Å²) < 4.78 is 11.5. The number of carboxylic acid groups (broad SMARTS) is 1. The largest absolute Gasteiger partial charge is 0.481 e. The lowest BCUT2D eigenvalue weighted by atomic mass is 10.0. The average Bonchev–Trinajstić information content (AvgIpc) is 2.75. The fourth-order valence-electron chi connectivity index (χ4n) is 3.95. The van der Waals surface area contributed by atoms with Gasteiger partial charge in [-0.25, -0.2) is 0 Å². The monoisotopic (exact) mass is 448 g/mol. The first kappa shape index (κ1) is 28.2. The number of carboxylic acids is 1. The Morgan fingerprint density at radius 3 is 1.94 bits per heavy atom. The van der Waals surface area contributed by atoms with E-state index in [1.54, 1.807) is 0 Å². The predicted molar refractivity (Wildman–Crippen MR) is 129 cm³/mol. The molecule has 182 valence electrons. The van der Waals surface area contributed by atoms with Gasteiger partial charge in [0.15, 0.2) is 0 Å². The number of hydrogen-bond donors (Lipinski definition) is 1. The van der Waals surface area contributed by atoms with Crippen molar-refractivity contribution in [3.63, 3.8) is 0 Å². The van der Waals surface area contributed by atoms with E-state index in [1.165, 1.54) is 44.6 Å². The minimum Gasteiger partial charge on any atom is -0.481 e. The number of benzene rings is 1. The van der Waals surface area contributed by atoms with Gasteiger partial charge in [0, 0.05) is 13.3 Å². The Balaban J connectivity index is 2.21. The van der Waals surface area contributed by atoms with Crippen LogP contribution in [-0.4, -0.2) is 29.3 Å². The topological polar surface area (TPSA) is 72.8 Å². The maximum atomic E-state index is 11.0. The lowest BCUT2D eigenvalue weighted by Crippen LogP contribution is -2.15. The third-order valence-electron chi connectivity index (χ3n) is 5.75. The van der Waals surface area contributed by atoms with E-state index in [9.17, 15) is 9.59 Å². The SMILES string of the molecule is CC(=O)OC(C)CCCCC(CCCCCCCCCCC(=O)O)OCc1ccccc1. The van der Waals surface area contributed by atoms with Crippen molar-refractivity contribution in [3.8, 4) is 0 Å². The van der Waals surface area contributed by atoms with Crippen LogP contribution in [-0.2, 0) is 25.7 Å². The number of carbonyl (C=O) groups is 2. The number of aliphatic carboxylic acids is 1. The molecule has 32 heavy (non-hydrogen) atoms. The summed E-state index contributed by atoms with van der Waals surface area (Å²) in [6.45, 7) is 4.08. The fourth-order valence-corrected chi connectivity index (χ4v) is 3.95. The van der Waals surface area contributed by atoms with Gasteiger partial charge >= 0.3 is 11.9 Å². The van der Waals surface area contributed by atoms with Crippen LogP contribution in [0.2, 0.25) is 0 Å². The molecule has 1 aromatic rings. The first-order valence-electron chi connectivity index (χ1n) is 12.5. The highest BCUT2D eigenvalue weighted by molar-refractivity contribution is 5.66. The van der Waals surface area contributed by atoms with Crippen molar-refractivity contribution in [2.45, 2.75) is 123 Å². The van der Waals surface area contributed by atoms with Gasteiger partial charge in [-0.2, -0.15) is 0 Å². The summed E-state index contributed by atoms with van der Waals surface area (Å²) in [5.41, 5.74) is 1.21. The van der Waals surface area contributed by atoms with Crippen molar-refractivity contribution < 1.29 is 24.2 Å². The molecule has 1 aromatic carbocycles. The van der Waals surface area contributed by atoms with E-state index in [0.29, 0.717) is 13.0 Å². The summed E-state index contributed by atoms with van der Waals surface area (Å²) >= 11 is 0. The van der Waals surface area contributed by atoms with Crippen LogP contribution < -0.4 is 0 Å². The average molecular weight is 449 g/mol. The van der Waals surface area contributed by atoms with Gasteiger partial charge in [0.05, 0.1) is 18.8 Å². The van der Waals surface area contributed by atoms with Crippen LogP contribution in [0, 0.1) is 0 Å². The summed E-state index contributed by atoms with van der Waals surface area (Å²) in [6.07, 6.45) is 14.8. The van der Waals surface area contributed by atoms with Crippen LogP contribution in [0.4, 0.5) is 0 Å². The lowest BCUT2D eigenvalue weighted by Gasteiger charge is -2.19. The Bertz CT molecular complexity index is 601. The number of rotatable bonds is 20. The second-order valence-electron chi connectivity index (χ2n) is 8.88. The zero-order valence-electron chi connectivity index (χ0n) is 20.2.